The summed E-state index contributed by atoms with van der Waals surface area (Å²) in [7, 11) is 1.62. The molecule has 0 saturated heterocycles. The van der Waals surface area contributed by atoms with E-state index in [4.69, 9.17) is 17.0 Å². The van der Waals surface area contributed by atoms with Crippen LogP contribution in [-0.2, 0) is 6.54 Å². The van der Waals surface area contributed by atoms with Gasteiger partial charge in [0.2, 0.25) is 0 Å². The number of benzene rings is 3. The minimum absolute atomic E-state index is 0.160. The summed E-state index contributed by atoms with van der Waals surface area (Å²) in [5.41, 5.74) is 1.47. The van der Waals surface area contributed by atoms with E-state index < -0.39 is 0 Å². The van der Waals surface area contributed by atoms with Crippen LogP contribution in [0.15, 0.2) is 66.7 Å². The summed E-state index contributed by atoms with van der Waals surface area (Å²) in [5.74, 6) is 1.21. The highest BCUT2D eigenvalue weighted by Gasteiger charge is 2.13. The predicted molar refractivity (Wildman–Crippen MR) is 110 cm³/mol. The van der Waals surface area contributed by atoms with Crippen molar-refractivity contribution >= 4 is 28.9 Å². The second kappa shape index (κ2) is 7.66. The minimum atomic E-state index is -0.160. The Bertz CT molecular complexity index is 1190. The molecule has 7 heteroatoms. The van der Waals surface area contributed by atoms with E-state index in [9.17, 15) is 4.79 Å². The molecular formula is C21H18N4O2S. The maximum absolute atomic E-state index is 12.8. The summed E-state index contributed by atoms with van der Waals surface area (Å²) in [6.07, 6.45) is 0. The van der Waals surface area contributed by atoms with Crippen LogP contribution in [-0.4, -0.2) is 27.8 Å². The molecule has 4 rings (SSSR count). The van der Waals surface area contributed by atoms with E-state index in [1.165, 1.54) is 0 Å². The normalized spacial score (nSPS) is 10.8. The zero-order valence-electron chi connectivity index (χ0n) is 15.2. The maximum atomic E-state index is 12.8. The van der Waals surface area contributed by atoms with Gasteiger partial charge in [0, 0.05) is 11.3 Å². The molecule has 0 aliphatic carbocycles. The van der Waals surface area contributed by atoms with E-state index in [-0.39, 0.29) is 12.5 Å². The average Bonchev–Trinajstić information content (AvgIpc) is 3.12. The standard InChI is InChI=1S/C21H18N4O2S/c1-27-16-11-9-15(10-12-16)25-19(23-24-21(25)28)13-22-20(26)18-8-4-6-14-5-2-3-7-17(14)18/h2-12H,13H2,1H3,(H,22,26)(H,24,28). The van der Waals surface area contributed by atoms with Crippen molar-refractivity contribution in [2.45, 2.75) is 6.54 Å². The van der Waals surface area contributed by atoms with E-state index in [1.54, 1.807) is 11.7 Å². The Morgan fingerprint density at radius 3 is 2.64 bits per heavy atom. The molecular weight excluding hydrogens is 372 g/mol. The van der Waals surface area contributed by atoms with Gasteiger partial charge in [0.1, 0.15) is 5.75 Å². The average molecular weight is 390 g/mol. The van der Waals surface area contributed by atoms with Gasteiger partial charge in [0.05, 0.1) is 13.7 Å². The molecule has 0 fully saturated rings. The number of carbonyl (C=O) groups is 1. The summed E-state index contributed by atoms with van der Waals surface area (Å²) in [5, 5.41) is 11.9. The first-order valence-corrected chi connectivity index (χ1v) is 9.15. The minimum Gasteiger partial charge on any atom is -0.497 e. The summed E-state index contributed by atoms with van der Waals surface area (Å²) in [6.45, 7) is 0.237. The lowest BCUT2D eigenvalue weighted by molar-refractivity contribution is 0.0951. The van der Waals surface area contributed by atoms with Crippen LogP contribution in [0.4, 0.5) is 0 Å². The number of H-pyrrole nitrogens is 1. The number of fused-ring (bicyclic) bond motifs is 1. The van der Waals surface area contributed by atoms with Gasteiger partial charge in [-0.25, -0.2) is 0 Å². The number of aromatic amines is 1. The van der Waals surface area contributed by atoms with Gasteiger partial charge < -0.3 is 10.1 Å². The summed E-state index contributed by atoms with van der Waals surface area (Å²) in [6, 6.07) is 21.0. The van der Waals surface area contributed by atoms with Crippen LogP contribution < -0.4 is 10.1 Å². The fourth-order valence-corrected chi connectivity index (χ4v) is 3.38. The van der Waals surface area contributed by atoms with Crippen molar-refractivity contribution < 1.29 is 9.53 Å². The number of aromatic nitrogens is 3. The van der Waals surface area contributed by atoms with Crippen LogP contribution in [0.25, 0.3) is 16.5 Å². The highest BCUT2D eigenvalue weighted by atomic mass is 32.1. The third-order valence-corrected chi connectivity index (χ3v) is 4.79. The number of nitrogens with one attached hydrogen (secondary N) is 2. The van der Waals surface area contributed by atoms with Gasteiger partial charge in [0.25, 0.3) is 5.91 Å². The zero-order chi connectivity index (χ0) is 19.5. The first-order valence-electron chi connectivity index (χ1n) is 8.74. The van der Waals surface area contributed by atoms with Crippen molar-refractivity contribution in [3.63, 3.8) is 0 Å². The molecule has 0 saturated carbocycles. The van der Waals surface area contributed by atoms with Crippen LogP contribution in [0.5, 0.6) is 5.75 Å². The summed E-state index contributed by atoms with van der Waals surface area (Å²) < 4.78 is 7.44. The maximum Gasteiger partial charge on any atom is 0.252 e. The molecule has 28 heavy (non-hydrogen) atoms. The molecule has 0 spiro atoms. The van der Waals surface area contributed by atoms with Crippen molar-refractivity contribution in [1.82, 2.24) is 20.1 Å². The number of ether oxygens (including phenoxy) is 1. The number of methoxy groups -OCH3 is 1. The topological polar surface area (TPSA) is 71.9 Å². The quantitative estimate of drug-likeness (QED) is 0.505. The molecule has 2 N–H and O–H groups in total. The molecule has 0 aliphatic heterocycles. The lowest BCUT2D eigenvalue weighted by Gasteiger charge is -2.10. The molecule has 0 aliphatic rings. The lowest BCUT2D eigenvalue weighted by atomic mass is 10.0. The Morgan fingerprint density at radius 1 is 1.11 bits per heavy atom. The fraction of sp³-hybridized carbons (Fsp3) is 0.0952. The van der Waals surface area contributed by atoms with Crippen molar-refractivity contribution in [2.75, 3.05) is 7.11 Å². The molecule has 140 valence electrons. The molecule has 0 unspecified atom stereocenters. The van der Waals surface area contributed by atoms with Gasteiger partial charge in [-0.1, -0.05) is 36.4 Å². The summed E-state index contributed by atoms with van der Waals surface area (Å²) in [4.78, 5) is 12.8. The Balaban J connectivity index is 1.58. The molecule has 0 atom stereocenters. The van der Waals surface area contributed by atoms with Gasteiger partial charge in [-0.15, -0.1) is 0 Å². The number of hydrogen-bond acceptors (Lipinski definition) is 4. The predicted octanol–water partition coefficient (Wildman–Crippen LogP) is 4.02. The van der Waals surface area contributed by atoms with Crippen LogP contribution in [0.2, 0.25) is 0 Å². The Kier molecular flexibility index (Phi) is 4.90. The van der Waals surface area contributed by atoms with Crippen molar-refractivity contribution in [2.24, 2.45) is 0 Å². The second-order valence-corrected chi connectivity index (χ2v) is 6.57. The molecule has 6 nitrogen and oxygen atoms in total. The van der Waals surface area contributed by atoms with E-state index >= 15 is 0 Å². The lowest BCUT2D eigenvalue weighted by Crippen LogP contribution is -2.24. The van der Waals surface area contributed by atoms with Crippen LogP contribution >= 0.6 is 12.2 Å². The van der Waals surface area contributed by atoms with Gasteiger partial charge in [-0.3, -0.25) is 14.5 Å². The third-order valence-electron chi connectivity index (χ3n) is 4.51. The number of rotatable bonds is 5. The molecule has 3 aromatic carbocycles. The molecule has 1 aromatic heterocycles. The molecule has 0 bridgehead atoms. The highest BCUT2D eigenvalue weighted by Crippen LogP contribution is 2.19. The number of amides is 1. The highest BCUT2D eigenvalue weighted by molar-refractivity contribution is 7.71. The van der Waals surface area contributed by atoms with E-state index in [0.717, 1.165) is 22.2 Å². The summed E-state index contributed by atoms with van der Waals surface area (Å²) >= 11 is 5.35. The number of nitrogens with zero attached hydrogens (tertiary/aromatic N) is 2. The smallest absolute Gasteiger partial charge is 0.252 e. The van der Waals surface area contributed by atoms with Crippen LogP contribution in [0.3, 0.4) is 0 Å². The van der Waals surface area contributed by atoms with E-state index in [0.29, 0.717) is 16.2 Å². The Morgan fingerprint density at radius 2 is 1.86 bits per heavy atom. The zero-order valence-corrected chi connectivity index (χ0v) is 16.0. The monoisotopic (exact) mass is 390 g/mol. The first-order chi connectivity index (χ1) is 13.7. The Hall–Kier alpha value is -3.45. The second-order valence-electron chi connectivity index (χ2n) is 6.19. The molecule has 1 amide bonds. The molecule has 0 radical (unpaired) electrons. The van der Waals surface area contributed by atoms with Gasteiger partial charge >= 0.3 is 0 Å². The molecule has 4 aromatic rings. The van der Waals surface area contributed by atoms with Crippen molar-refractivity contribution in [3.05, 3.63) is 82.9 Å². The van der Waals surface area contributed by atoms with E-state index in [1.807, 2.05) is 66.7 Å². The van der Waals surface area contributed by atoms with Crippen LogP contribution in [0, 0.1) is 4.77 Å². The largest absolute Gasteiger partial charge is 0.497 e. The fourth-order valence-electron chi connectivity index (χ4n) is 3.12. The molecule has 1 heterocycles. The Labute approximate surface area is 166 Å². The van der Waals surface area contributed by atoms with E-state index in [2.05, 4.69) is 15.5 Å². The van der Waals surface area contributed by atoms with Crippen molar-refractivity contribution in [3.8, 4) is 11.4 Å². The van der Waals surface area contributed by atoms with Crippen LogP contribution in [0.1, 0.15) is 16.2 Å². The number of carbonyl (C=O) groups excluding carboxylic acids is 1. The van der Waals surface area contributed by atoms with Gasteiger partial charge in [-0.2, -0.15) is 5.10 Å². The third kappa shape index (κ3) is 3.39. The first kappa shape index (κ1) is 17.9. The van der Waals surface area contributed by atoms with Crippen molar-refractivity contribution in [1.29, 1.82) is 0 Å². The van der Waals surface area contributed by atoms with Gasteiger partial charge in [0.15, 0.2) is 10.6 Å². The van der Waals surface area contributed by atoms with Gasteiger partial charge in [-0.05, 0) is 53.3 Å². The SMILES string of the molecule is COc1ccc(-n2c(CNC(=O)c3cccc4ccccc34)n[nH]c2=S)cc1. The number of hydrogen-bond donors (Lipinski definition) is 2.